The molecule has 2 rings (SSSR count). The number of aromatic carboxylic acids is 1. The summed E-state index contributed by atoms with van der Waals surface area (Å²) in [6.45, 7) is 6.37. The maximum atomic E-state index is 11.1. The highest BCUT2D eigenvalue weighted by Gasteiger charge is 2.29. The molecule has 0 amide bonds. The summed E-state index contributed by atoms with van der Waals surface area (Å²) in [6, 6.07) is 3.72. The zero-order valence-corrected chi connectivity index (χ0v) is 10.6. The molecule has 0 aromatic heterocycles. The van der Waals surface area contributed by atoms with Crippen LogP contribution in [0.1, 0.15) is 41.8 Å². The summed E-state index contributed by atoms with van der Waals surface area (Å²) in [6.07, 6.45) is 1.15. The molecule has 0 saturated heterocycles. The van der Waals surface area contributed by atoms with Crippen LogP contribution in [-0.4, -0.2) is 16.8 Å². The van der Waals surface area contributed by atoms with Gasteiger partial charge in [0.2, 0.25) is 0 Å². The average Bonchev–Trinajstić information content (AvgIpc) is 2.18. The Morgan fingerprint density at radius 2 is 2.12 bits per heavy atom. The maximum absolute atomic E-state index is 11.1. The zero-order chi connectivity index (χ0) is 11.9. The molecular formula is C13H16O2S. The lowest BCUT2D eigenvalue weighted by molar-refractivity contribution is 0.0695. The van der Waals surface area contributed by atoms with E-state index in [1.807, 2.05) is 13.0 Å². The number of benzene rings is 1. The SMILES string of the molecule is Cc1c(C(=O)O)ccc2c1SCCC2(C)C. The van der Waals surface area contributed by atoms with Gasteiger partial charge in [-0.15, -0.1) is 11.8 Å². The molecule has 1 N–H and O–H groups in total. The number of fused-ring (bicyclic) bond motifs is 1. The normalized spacial score (nSPS) is 17.9. The van der Waals surface area contributed by atoms with Crippen molar-refractivity contribution in [3.8, 4) is 0 Å². The van der Waals surface area contributed by atoms with Gasteiger partial charge in [-0.1, -0.05) is 19.9 Å². The Labute approximate surface area is 100 Å². The van der Waals surface area contributed by atoms with Gasteiger partial charge in [0.1, 0.15) is 0 Å². The Hall–Kier alpha value is -0.960. The summed E-state index contributed by atoms with van der Waals surface area (Å²) in [4.78, 5) is 12.2. The molecule has 0 saturated carbocycles. The summed E-state index contributed by atoms with van der Waals surface area (Å²) in [5.74, 6) is 0.244. The third-order valence-corrected chi connectivity index (χ3v) is 4.56. The van der Waals surface area contributed by atoms with Crippen molar-refractivity contribution < 1.29 is 9.90 Å². The fraction of sp³-hybridized carbons (Fsp3) is 0.462. The first kappa shape index (κ1) is 11.5. The van der Waals surface area contributed by atoms with Crippen LogP contribution < -0.4 is 0 Å². The third-order valence-electron chi connectivity index (χ3n) is 3.34. The second-order valence-corrected chi connectivity index (χ2v) is 6.01. The number of carbonyl (C=O) groups is 1. The van der Waals surface area contributed by atoms with E-state index in [9.17, 15) is 4.79 Å². The number of carboxylic acid groups (broad SMARTS) is 1. The van der Waals surface area contributed by atoms with E-state index in [1.165, 1.54) is 10.5 Å². The predicted molar refractivity (Wildman–Crippen MR) is 66.5 cm³/mol. The predicted octanol–water partition coefficient (Wildman–Crippen LogP) is 3.47. The van der Waals surface area contributed by atoms with Crippen molar-refractivity contribution in [1.29, 1.82) is 0 Å². The van der Waals surface area contributed by atoms with E-state index in [2.05, 4.69) is 13.8 Å². The highest BCUT2D eigenvalue weighted by molar-refractivity contribution is 7.99. The molecule has 0 spiro atoms. The largest absolute Gasteiger partial charge is 0.478 e. The van der Waals surface area contributed by atoms with E-state index in [0.29, 0.717) is 5.56 Å². The van der Waals surface area contributed by atoms with Crippen LogP contribution in [0.5, 0.6) is 0 Å². The molecule has 0 radical (unpaired) electrons. The maximum Gasteiger partial charge on any atom is 0.335 e. The number of rotatable bonds is 1. The van der Waals surface area contributed by atoms with Crippen molar-refractivity contribution in [2.75, 3.05) is 5.75 Å². The van der Waals surface area contributed by atoms with Crippen molar-refractivity contribution in [3.63, 3.8) is 0 Å². The first-order chi connectivity index (χ1) is 7.43. The molecular weight excluding hydrogens is 220 g/mol. The molecule has 0 aliphatic carbocycles. The van der Waals surface area contributed by atoms with Crippen molar-refractivity contribution >= 4 is 17.7 Å². The van der Waals surface area contributed by atoms with Gasteiger partial charge >= 0.3 is 5.97 Å². The minimum atomic E-state index is -0.829. The Morgan fingerprint density at radius 3 is 2.75 bits per heavy atom. The zero-order valence-electron chi connectivity index (χ0n) is 9.83. The Balaban J connectivity index is 2.62. The summed E-state index contributed by atoms with van der Waals surface area (Å²) in [5, 5.41) is 9.09. The summed E-state index contributed by atoms with van der Waals surface area (Å²) in [5.41, 5.74) is 2.82. The molecule has 0 bridgehead atoms. The Kier molecular flexibility index (Phi) is 2.74. The molecule has 1 aromatic rings. The Bertz CT molecular complexity index is 449. The number of thioether (sulfide) groups is 1. The number of hydrogen-bond acceptors (Lipinski definition) is 2. The van der Waals surface area contributed by atoms with Crippen molar-refractivity contribution in [1.82, 2.24) is 0 Å². The average molecular weight is 236 g/mol. The van der Waals surface area contributed by atoms with Crippen LogP contribution in [0, 0.1) is 6.92 Å². The van der Waals surface area contributed by atoms with Gasteiger partial charge in [0.15, 0.2) is 0 Å². The minimum absolute atomic E-state index is 0.169. The molecule has 3 heteroatoms. The molecule has 1 aliphatic rings. The highest BCUT2D eigenvalue weighted by atomic mass is 32.2. The van der Waals surface area contributed by atoms with Crippen LogP contribution in [-0.2, 0) is 5.41 Å². The van der Waals surface area contributed by atoms with Gasteiger partial charge in [-0.25, -0.2) is 4.79 Å². The lowest BCUT2D eigenvalue weighted by Crippen LogP contribution is -2.23. The van der Waals surface area contributed by atoms with Crippen LogP contribution in [0.15, 0.2) is 17.0 Å². The lowest BCUT2D eigenvalue weighted by Gasteiger charge is -2.33. The van der Waals surface area contributed by atoms with Gasteiger partial charge in [0.05, 0.1) is 5.56 Å². The molecule has 1 heterocycles. The van der Waals surface area contributed by atoms with Crippen LogP contribution in [0.25, 0.3) is 0 Å². The molecule has 0 fully saturated rings. The Morgan fingerprint density at radius 1 is 1.44 bits per heavy atom. The fourth-order valence-corrected chi connectivity index (χ4v) is 3.83. The van der Waals surface area contributed by atoms with Gasteiger partial charge in [-0.05, 0) is 41.7 Å². The van der Waals surface area contributed by atoms with Crippen molar-refractivity contribution in [3.05, 3.63) is 28.8 Å². The van der Waals surface area contributed by atoms with Crippen LogP contribution in [0.3, 0.4) is 0 Å². The molecule has 1 aliphatic heterocycles. The molecule has 1 aromatic carbocycles. The smallest absolute Gasteiger partial charge is 0.335 e. The fourth-order valence-electron chi connectivity index (χ4n) is 2.19. The second-order valence-electron chi connectivity index (χ2n) is 4.90. The second kappa shape index (κ2) is 3.81. The monoisotopic (exact) mass is 236 g/mol. The van der Waals surface area contributed by atoms with Crippen molar-refractivity contribution in [2.24, 2.45) is 0 Å². The quantitative estimate of drug-likeness (QED) is 0.811. The van der Waals surface area contributed by atoms with E-state index >= 15 is 0 Å². The summed E-state index contributed by atoms with van der Waals surface area (Å²) < 4.78 is 0. The first-order valence-electron chi connectivity index (χ1n) is 5.43. The van der Waals surface area contributed by atoms with Gasteiger partial charge in [-0.2, -0.15) is 0 Å². The van der Waals surface area contributed by atoms with E-state index in [-0.39, 0.29) is 5.41 Å². The topological polar surface area (TPSA) is 37.3 Å². The highest BCUT2D eigenvalue weighted by Crippen LogP contribution is 2.43. The van der Waals surface area contributed by atoms with Gasteiger partial charge in [-0.3, -0.25) is 0 Å². The van der Waals surface area contributed by atoms with E-state index < -0.39 is 5.97 Å². The van der Waals surface area contributed by atoms with Crippen LogP contribution in [0.4, 0.5) is 0 Å². The number of hydrogen-bond donors (Lipinski definition) is 1. The molecule has 0 unspecified atom stereocenters. The van der Waals surface area contributed by atoms with Crippen LogP contribution >= 0.6 is 11.8 Å². The lowest BCUT2D eigenvalue weighted by atomic mass is 9.80. The van der Waals surface area contributed by atoms with Crippen molar-refractivity contribution in [2.45, 2.75) is 37.5 Å². The van der Waals surface area contributed by atoms with Crippen LogP contribution in [0.2, 0.25) is 0 Å². The molecule has 86 valence electrons. The molecule has 16 heavy (non-hydrogen) atoms. The van der Waals surface area contributed by atoms with E-state index in [4.69, 9.17) is 5.11 Å². The minimum Gasteiger partial charge on any atom is -0.478 e. The molecule has 2 nitrogen and oxygen atoms in total. The van der Waals surface area contributed by atoms with E-state index in [1.54, 1.807) is 17.8 Å². The van der Waals surface area contributed by atoms with Gasteiger partial charge in [0.25, 0.3) is 0 Å². The molecule has 0 atom stereocenters. The summed E-state index contributed by atoms with van der Waals surface area (Å²) in [7, 11) is 0. The third kappa shape index (κ3) is 1.73. The summed E-state index contributed by atoms with van der Waals surface area (Å²) >= 11 is 1.79. The first-order valence-corrected chi connectivity index (χ1v) is 6.42. The number of carboxylic acids is 1. The van der Waals surface area contributed by atoms with E-state index in [0.717, 1.165) is 17.7 Å². The van der Waals surface area contributed by atoms with Gasteiger partial charge in [0, 0.05) is 4.90 Å². The van der Waals surface area contributed by atoms with Gasteiger partial charge < -0.3 is 5.11 Å². The standard InChI is InChI=1S/C13H16O2S/c1-8-9(12(14)15)4-5-10-11(8)16-7-6-13(10,2)3/h4-5H,6-7H2,1-3H3,(H,14,15).